The number of aliphatic hydroxyl groups excluding tert-OH is 1. The van der Waals surface area contributed by atoms with Gasteiger partial charge in [0.05, 0.1) is 11.8 Å². The number of rotatable bonds is 0. The van der Waals surface area contributed by atoms with Gasteiger partial charge in [-0.3, -0.25) is 4.79 Å². The predicted molar refractivity (Wildman–Crippen MR) is 160 cm³/mol. The quantitative estimate of drug-likeness (QED) is 0.306. The highest BCUT2D eigenvalue weighted by molar-refractivity contribution is 7.90. The number of benzene rings is 2. The van der Waals surface area contributed by atoms with Crippen LogP contribution in [0.2, 0.25) is 5.02 Å². The third kappa shape index (κ3) is 6.34. The largest absolute Gasteiger partial charge is 0.487 e. The Labute approximate surface area is 242 Å². The molecule has 2 aromatic rings. The zero-order chi connectivity index (χ0) is 28.4. The van der Waals surface area contributed by atoms with Crippen LogP contribution in [0.5, 0.6) is 5.75 Å². The average molecular weight is 588 g/mol. The van der Waals surface area contributed by atoms with Crippen LogP contribution in [0.4, 0.5) is 5.69 Å². The average Bonchev–Trinajstić information content (AvgIpc) is 2.92. The monoisotopic (exact) mass is 587 g/mol. The lowest BCUT2D eigenvalue weighted by Crippen LogP contribution is -2.43. The summed E-state index contributed by atoms with van der Waals surface area (Å²) in [6, 6.07) is 11.1. The molecule has 2 aliphatic heterocycles. The number of ether oxygens (including phenoxy) is 1. The fourth-order valence-corrected chi connectivity index (χ4v) is 7.51. The van der Waals surface area contributed by atoms with Gasteiger partial charge in [0, 0.05) is 23.7 Å². The summed E-state index contributed by atoms with van der Waals surface area (Å²) in [7, 11) is -3.66. The van der Waals surface area contributed by atoms with Gasteiger partial charge in [0.25, 0.3) is 5.91 Å². The zero-order valence-electron chi connectivity index (χ0n) is 23.2. The molecule has 216 valence electrons. The summed E-state index contributed by atoms with van der Waals surface area (Å²) in [5.41, 5.74) is 3.36. The second-order valence-corrected chi connectivity index (χ2v) is 14.1. The third-order valence-electron chi connectivity index (χ3n) is 8.99. The number of fused-ring (bicyclic) bond motifs is 3. The second-order valence-electron chi connectivity index (χ2n) is 11.6. The van der Waals surface area contributed by atoms with Crippen LogP contribution in [0.15, 0.2) is 48.6 Å². The number of carbonyl (C=O) groups excluding carboxylic acids is 1. The molecule has 3 N–H and O–H groups in total. The fraction of sp³-hybridized carbons (Fsp3) is 0.516. The number of amides is 1. The minimum Gasteiger partial charge on any atom is -0.487 e. The van der Waals surface area contributed by atoms with Gasteiger partial charge < -0.3 is 14.7 Å². The predicted octanol–water partition coefficient (Wildman–Crippen LogP) is 5.65. The highest BCUT2D eigenvalue weighted by atomic mass is 35.5. The van der Waals surface area contributed by atoms with Crippen LogP contribution in [-0.2, 0) is 23.1 Å². The number of aryl methyl sites for hydroxylation is 1. The van der Waals surface area contributed by atoms with Crippen LogP contribution < -0.4 is 14.4 Å². The van der Waals surface area contributed by atoms with E-state index in [2.05, 4.69) is 9.62 Å². The topological polar surface area (TPSA) is 100 Å². The van der Waals surface area contributed by atoms with Crippen LogP contribution in [0.25, 0.3) is 0 Å². The van der Waals surface area contributed by atoms with Crippen molar-refractivity contribution in [2.45, 2.75) is 70.3 Å². The van der Waals surface area contributed by atoms with E-state index in [1.165, 1.54) is 5.56 Å². The lowest BCUT2D eigenvalue weighted by atomic mass is 9.70. The molecule has 1 aliphatic carbocycles. The van der Waals surface area contributed by atoms with Gasteiger partial charge in [-0.2, -0.15) is 4.21 Å². The number of allylic oxidation sites excluding steroid dienone is 1. The summed E-state index contributed by atoms with van der Waals surface area (Å²) < 4.78 is 32.8. The Morgan fingerprint density at radius 1 is 1.12 bits per heavy atom. The first kappa shape index (κ1) is 29.0. The van der Waals surface area contributed by atoms with Gasteiger partial charge >= 0.3 is 10.0 Å². The lowest BCUT2D eigenvalue weighted by Gasteiger charge is -2.42. The van der Waals surface area contributed by atoms with Crippen molar-refractivity contribution in [3.8, 4) is 5.75 Å². The van der Waals surface area contributed by atoms with E-state index in [1.54, 1.807) is 25.1 Å². The number of hydrogen-bond donors (Lipinski definition) is 2. The summed E-state index contributed by atoms with van der Waals surface area (Å²) in [6.45, 7) is 5.44. The van der Waals surface area contributed by atoms with Crippen molar-refractivity contribution in [2.75, 3.05) is 18.0 Å². The molecular weight excluding hydrogens is 548 g/mol. The van der Waals surface area contributed by atoms with Gasteiger partial charge in [0.1, 0.15) is 17.6 Å². The molecule has 2 aromatic carbocycles. The lowest BCUT2D eigenvalue weighted by molar-refractivity contribution is 0.0461. The molecular formula is C31H40ClN2O5S+. The van der Waals surface area contributed by atoms with E-state index in [-0.39, 0.29) is 11.8 Å². The van der Waals surface area contributed by atoms with E-state index in [1.807, 2.05) is 37.3 Å². The Bertz CT molecular complexity index is 1380. The normalized spacial score (nSPS) is 32.2. The summed E-state index contributed by atoms with van der Waals surface area (Å²) in [5, 5.41) is 11.0. The van der Waals surface area contributed by atoms with Crippen molar-refractivity contribution < 1.29 is 23.1 Å². The summed E-state index contributed by atoms with van der Waals surface area (Å²) >= 11 is 6.30. The fourth-order valence-electron chi connectivity index (χ4n) is 6.00. The van der Waals surface area contributed by atoms with Gasteiger partial charge in [0.15, 0.2) is 0 Å². The van der Waals surface area contributed by atoms with Crippen molar-refractivity contribution in [1.29, 1.82) is 0 Å². The van der Waals surface area contributed by atoms with Crippen LogP contribution in [0.1, 0.15) is 67.4 Å². The maximum Gasteiger partial charge on any atom is 0.371 e. The maximum atomic E-state index is 13.3. The van der Waals surface area contributed by atoms with Crippen LogP contribution in [-0.4, -0.2) is 43.9 Å². The van der Waals surface area contributed by atoms with E-state index in [0.717, 1.165) is 56.4 Å². The second kappa shape index (κ2) is 12.1. The number of nitrogens with one attached hydrogen (secondary N) is 1. The van der Waals surface area contributed by atoms with Crippen LogP contribution in [0.3, 0.4) is 0 Å². The highest BCUT2D eigenvalue weighted by Gasteiger charge is 2.38. The first-order chi connectivity index (χ1) is 19.1. The Hall–Kier alpha value is -2.55. The van der Waals surface area contributed by atoms with Crippen molar-refractivity contribution in [1.82, 2.24) is 4.72 Å². The van der Waals surface area contributed by atoms with E-state index < -0.39 is 27.3 Å². The van der Waals surface area contributed by atoms with Crippen molar-refractivity contribution in [3.05, 3.63) is 70.3 Å². The summed E-state index contributed by atoms with van der Waals surface area (Å²) in [4.78, 5) is 15.6. The Balaban J connectivity index is 1.54. The van der Waals surface area contributed by atoms with E-state index in [4.69, 9.17) is 16.3 Å². The summed E-state index contributed by atoms with van der Waals surface area (Å²) in [6.07, 6.45) is 8.53. The third-order valence-corrected chi connectivity index (χ3v) is 11.2. The molecule has 1 amide bonds. The number of halogens is 1. The molecule has 1 fully saturated rings. The molecule has 2 heterocycles. The Kier molecular flexibility index (Phi) is 8.78. The first-order valence-electron chi connectivity index (χ1n) is 14.3. The molecule has 7 nitrogen and oxygen atoms in total. The number of aliphatic hydroxyl groups is 1. The number of nitrogens with zero attached hydrogens (tertiary/aromatic N) is 1. The molecule has 2 bridgehead atoms. The van der Waals surface area contributed by atoms with Crippen molar-refractivity contribution >= 4 is 33.2 Å². The molecule has 6 atom stereocenters. The maximum absolute atomic E-state index is 13.3. The number of anilines is 1. The van der Waals surface area contributed by atoms with Gasteiger partial charge in [0.2, 0.25) is 0 Å². The molecule has 1 saturated carbocycles. The molecule has 3 aliphatic rings. The molecule has 1 unspecified atom stereocenters. The zero-order valence-corrected chi connectivity index (χ0v) is 24.8. The van der Waals surface area contributed by atoms with Crippen molar-refractivity contribution in [3.63, 3.8) is 0 Å². The number of carbonyl (C=O) groups is 1. The smallest absolute Gasteiger partial charge is 0.371 e. The van der Waals surface area contributed by atoms with E-state index in [9.17, 15) is 18.3 Å². The molecule has 9 heteroatoms. The number of hydrogen-bond acceptors (Lipinski definition) is 5. The molecule has 40 heavy (non-hydrogen) atoms. The standard InChI is InChI=1S/C31H39ClN2O5S/c1-20-6-5-8-29(35)27-13-10-24(27)18-34-15-4-3-7-22-16-26(32)12-9-25(22)19-39-30-14-11-23(17-28(30)34)31(36)33-40(37,38)21(20)2/h5,8-9,11-12,14,16-17,20-21,24,27,29,35H,3-4,6-7,10,13,15,18-19H2,1-2H3,(H,33,36,37,38)/p+1/b8-5+/t20-,21-,24+,27-,29+/m1/s1. The molecule has 0 radical (unpaired) electrons. The minimum atomic E-state index is -3.66. The minimum absolute atomic E-state index is 0.152. The summed E-state index contributed by atoms with van der Waals surface area (Å²) in [5.74, 6) is 0.373. The van der Waals surface area contributed by atoms with Gasteiger partial charge in [-0.25, -0.2) is 8.93 Å². The first-order valence-corrected chi connectivity index (χ1v) is 16.3. The highest BCUT2D eigenvalue weighted by Crippen LogP contribution is 2.41. The Morgan fingerprint density at radius 3 is 2.73 bits per heavy atom. The van der Waals surface area contributed by atoms with Crippen molar-refractivity contribution in [2.24, 2.45) is 17.8 Å². The van der Waals surface area contributed by atoms with Gasteiger partial charge in [-0.05, 0) is 105 Å². The van der Waals surface area contributed by atoms with E-state index >= 15 is 0 Å². The molecule has 0 aromatic heterocycles. The molecule has 0 spiro atoms. The SMILES string of the molecule is C[C@@H]1C/C=C/[C@H](O)[C@@H]2CC[C@H]2CN2CCCCc3cc(Cl)ccc3COc3ccc(cc32)C(=O)NS(=O)(=[OH+])[C@@H]1C. The molecule has 5 rings (SSSR count). The molecule has 0 saturated heterocycles. The van der Waals surface area contributed by atoms with Crippen LogP contribution in [0, 0.1) is 17.8 Å². The van der Waals surface area contributed by atoms with E-state index in [0.29, 0.717) is 35.3 Å². The Morgan fingerprint density at radius 2 is 1.95 bits per heavy atom. The van der Waals surface area contributed by atoms with Crippen LogP contribution >= 0.6 is 11.6 Å². The van der Waals surface area contributed by atoms with Gasteiger partial charge in [-0.15, -0.1) is 0 Å². The van der Waals surface area contributed by atoms with Gasteiger partial charge in [-0.1, -0.05) is 36.7 Å².